The molecular weight excluding hydrogens is 244 g/mol. The second-order valence-electron chi connectivity index (χ2n) is 3.14. The Morgan fingerprint density at radius 2 is 1.93 bits per heavy atom. The maximum absolute atomic E-state index is 9.65. The molecule has 0 radical (unpaired) electrons. The van der Waals surface area contributed by atoms with Gasteiger partial charge in [0.15, 0.2) is 0 Å². The molecule has 0 aromatic heterocycles. The van der Waals surface area contributed by atoms with Gasteiger partial charge in [-0.25, -0.2) is 0 Å². The molecule has 0 aliphatic carbocycles. The summed E-state index contributed by atoms with van der Waals surface area (Å²) in [6, 6.07) is 9.07. The Labute approximate surface area is 89.9 Å². The molecule has 0 bridgehead atoms. The van der Waals surface area contributed by atoms with Gasteiger partial charge in [0.25, 0.3) is 0 Å². The highest BCUT2D eigenvalue weighted by Crippen LogP contribution is 2.28. The summed E-state index contributed by atoms with van der Waals surface area (Å²) in [7, 11) is 0. The lowest BCUT2D eigenvalue weighted by Gasteiger charge is -2.04. The zero-order valence-corrected chi connectivity index (χ0v) is 8.95. The Morgan fingerprint density at radius 1 is 1.14 bits per heavy atom. The van der Waals surface area contributed by atoms with Crippen LogP contribution in [0, 0.1) is 0 Å². The van der Waals surface area contributed by atoms with Gasteiger partial charge >= 0.3 is 0 Å². The van der Waals surface area contributed by atoms with E-state index < -0.39 is 0 Å². The third-order valence-corrected chi connectivity index (χ3v) is 2.63. The van der Waals surface area contributed by atoms with Crippen LogP contribution in [-0.2, 0) is 6.61 Å². The number of rotatable bonds is 1. The number of aliphatic hydroxyl groups excluding tert-OH is 1. The maximum Gasteiger partial charge on any atom is 0.123 e. The van der Waals surface area contributed by atoms with Gasteiger partial charge in [0, 0.05) is 9.86 Å². The van der Waals surface area contributed by atoms with E-state index >= 15 is 0 Å². The van der Waals surface area contributed by atoms with E-state index in [4.69, 9.17) is 5.11 Å². The molecule has 0 saturated carbocycles. The Kier molecular flexibility index (Phi) is 2.44. The zero-order valence-electron chi connectivity index (χ0n) is 7.37. The van der Waals surface area contributed by atoms with Crippen molar-refractivity contribution in [2.45, 2.75) is 6.61 Å². The van der Waals surface area contributed by atoms with Gasteiger partial charge in [0.2, 0.25) is 0 Å². The third-order valence-electron chi connectivity index (χ3n) is 2.14. The zero-order chi connectivity index (χ0) is 10.1. The largest absolute Gasteiger partial charge is 0.507 e. The Bertz CT molecular complexity index is 480. The molecule has 0 spiro atoms. The highest BCUT2D eigenvalue weighted by Gasteiger charge is 2.02. The molecule has 14 heavy (non-hydrogen) atoms. The third kappa shape index (κ3) is 1.61. The first-order chi connectivity index (χ1) is 6.70. The van der Waals surface area contributed by atoms with Gasteiger partial charge < -0.3 is 10.2 Å². The summed E-state index contributed by atoms with van der Waals surface area (Å²) in [5.74, 6) is 0.207. The van der Waals surface area contributed by atoms with E-state index in [1.165, 1.54) is 0 Å². The quantitative estimate of drug-likeness (QED) is 0.820. The fraction of sp³-hybridized carbons (Fsp3) is 0.0909. The fourth-order valence-corrected chi connectivity index (χ4v) is 1.85. The van der Waals surface area contributed by atoms with E-state index in [-0.39, 0.29) is 12.4 Å². The van der Waals surface area contributed by atoms with Crippen LogP contribution in [0.4, 0.5) is 0 Å². The van der Waals surface area contributed by atoms with Gasteiger partial charge in [-0.15, -0.1) is 0 Å². The number of fused-ring (bicyclic) bond motifs is 1. The second-order valence-corrected chi connectivity index (χ2v) is 4.05. The maximum atomic E-state index is 9.65. The molecule has 0 heterocycles. The van der Waals surface area contributed by atoms with Crippen LogP contribution in [0.5, 0.6) is 5.75 Å². The second kappa shape index (κ2) is 3.59. The number of benzene rings is 2. The normalized spacial score (nSPS) is 10.7. The first kappa shape index (κ1) is 9.49. The number of hydrogen-bond acceptors (Lipinski definition) is 2. The lowest BCUT2D eigenvalue weighted by molar-refractivity contribution is 0.281. The number of phenols is 1. The monoisotopic (exact) mass is 252 g/mol. The van der Waals surface area contributed by atoms with Crippen LogP contribution in [0.2, 0.25) is 0 Å². The average molecular weight is 253 g/mol. The van der Waals surface area contributed by atoms with Gasteiger partial charge in [-0.1, -0.05) is 15.9 Å². The minimum atomic E-state index is -0.0595. The SMILES string of the molecule is OCc1cc(O)c2ccc(Br)cc2c1. The molecule has 0 aliphatic rings. The van der Waals surface area contributed by atoms with E-state index in [9.17, 15) is 5.11 Å². The molecule has 2 nitrogen and oxygen atoms in total. The van der Waals surface area contributed by atoms with Crippen molar-refractivity contribution in [2.75, 3.05) is 0 Å². The van der Waals surface area contributed by atoms with Crippen molar-refractivity contribution >= 4 is 26.7 Å². The van der Waals surface area contributed by atoms with E-state index in [1.54, 1.807) is 6.07 Å². The highest BCUT2D eigenvalue weighted by atomic mass is 79.9. The molecule has 0 amide bonds. The Morgan fingerprint density at radius 3 is 2.64 bits per heavy atom. The van der Waals surface area contributed by atoms with E-state index in [2.05, 4.69) is 15.9 Å². The van der Waals surface area contributed by atoms with Crippen molar-refractivity contribution in [3.63, 3.8) is 0 Å². The number of aliphatic hydroxyl groups is 1. The summed E-state index contributed by atoms with van der Waals surface area (Å²) in [5.41, 5.74) is 0.716. The summed E-state index contributed by atoms with van der Waals surface area (Å²) in [5, 5.41) is 20.3. The Balaban J connectivity index is 2.77. The predicted molar refractivity (Wildman–Crippen MR) is 59.2 cm³/mol. The first-order valence-electron chi connectivity index (χ1n) is 4.23. The molecule has 0 atom stereocenters. The van der Waals surface area contributed by atoms with Crippen LogP contribution >= 0.6 is 15.9 Å². The van der Waals surface area contributed by atoms with E-state index in [1.807, 2.05) is 24.3 Å². The van der Waals surface area contributed by atoms with Crippen LogP contribution in [0.3, 0.4) is 0 Å². The van der Waals surface area contributed by atoms with E-state index in [0.717, 1.165) is 15.2 Å². The van der Waals surface area contributed by atoms with Crippen molar-refractivity contribution in [3.05, 3.63) is 40.4 Å². The molecule has 2 N–H and O–H groups in total. The minimum Gasteiger partial charge on any atom is -0.507 e. The number of phenolic OH excluding ortho intramolecular Hbond substituents is 1. The van der Waals surface area contributed by atoms with E-state index in [0.29, 0.717) is 5.56 Å². The summed E-state index contributed by atoms with van der Waals surface area (Å²) in [6.45, 7) is -0.0595. The molecule has 3 heteroatoms. The Hall–Kier alpha value is -1.06. The molecule has 72 valence electrons. The number of halogens is 1. The molecule has 0 saturated heterocycles. The lowest BCUT2D eigenvalue weighted by atomic mass is 10.1. The van der Waals surface area contributed by atoms with Gasteiger partial charge in [0.1, 0.15) is 5.75 Å². The minimum absolute atomic E-state index is 0.0595. The van der Waals surface area contributed by atoms with Gasteiger partial charge in [-0.05, 0) is 41.3 Å². The van der Waals surface area contributed by atoms with Gasteiger partial charge in [0.05, 0.1) is 6.61 Å². The van der Waals surface area contributed by atoms with Crippen LogP contribution < -0.4 is 0 Å². The molecule has 2 rings (SSSR count). The standard InChI is InChI=1S/C11H9BrO2/c12-9-1-2-10-8(5-9)3-7(6-13)4-11(10)14/h1-5,13-14H,6H2. The van der Waals surface area contributed by atoms with Crippen molar-refractivity contribution in [2.24, 2.45) is 0 Å². The van der Waals surface area contributed by atoms with Crippen molar-refractivity contribution in [1.29, 1.82) is 0 Å². The topological polar surface area (TPSA) is 40.5 Å². The molecule has 2 aromatic rings. The average Bonchev–Trinajstić information content (AvgIpc) is 2.16. The first-order valence-corrected chi connectivity index (χ1v) is 5.02. The van der Waals surface area contributed by atoms with Crippen LogP contribution in [0.1, 0.15) is 5.56 Å². The molecular formula is C11H9BrO2. The number of hydrogen-bond donors (Lipinski definition) is 2. The summed E-state index contributed by atoms with van der Waals surface area (Å²) in [6.07, 6.45) is 0. The molecule has 0 unspecified atom stereocenters. The van der Waals surface area contributed by atoms with Crippen LogP contribution in [0.25, 0.3) is 10.8 Å². The van der Waals surface area contributed by atoms with Gasteiger partial charge in [-0.3, -0.25) is 0 Å². The molecule has 0 fully saturated rings. The van der Waals surface area contributed by atoms with Crippen molar-refractivity contribution in [3.8, 4) is 5.75 Å². The van der Waals surface area contributed by atoms with Gasteiger partial charge in [-0.2, -0.15) is 0 Å². The summed E-state index contributed by atoms with van der Waals surface area (Å²) >= 11 is 3.36. The van der Waals surface area contributed by atoms with Crippen molar-refractivity contribution in [1.82, 2.24) is 0 Å². The van der Waals surface area contributed by atoms with Crippen LogP contribution in [-0.4, -0.2) is 10.2 Å². The van der Waals surface area contributed by atoms with Crippen LogP contribution in [0.15, 0.2) is 34.8 Å². The number of aromatic hydroxyl groups is 1. The molecule has 2 aromatic carbocycles. The fourth-order valence-electron chi connectivity index (χ4n) is 1.47. The smallest absolute Gasteiger partial charge is 0.123 e. The lowest BCUT2D eigenvalue weighted by Crippen LogP contribution is -1.83. The summed E-state index contributed by atoms with van der Waals surface area (Å²) < 4.78 is 0.958. The molecule has 0 aliphatic heterocycles. The highest BCUT2D eigenvalue weighted by molar-refractivity contribution is 9.10. The van der Waals surface area contributed by atoms with Crippen molar-refractivity contribution < 1.29 is 10.2 Å². The summed E-state index contributed by atoms with van der Waals surface area (Å²) in [4.78, 5) is 0. The predicted octanol–water partition coefficient (Wildman–Crippen LogP) is 2.80.